The lowest BCUT2D eigenvalue weighted by molar-refractivity contribution is -0.176. The zero-order chi connectivity index (χ0) is 13.4. The van der Waals surface area contributed by atoms with Crippen LogP contribution in [0.25, 0.3) is 0 Å². The van der Waals surface area contributed by atoms with Gasteiger partial charge < -0.3 is 9.47 Å². The summed E-state index contributed by atoms with van der Waals surface area (Å²) in [6.07, 6.45) is 0.144. The molecule has 0 bridgehead atoms. The Hall–Kier alpha value is -0.260. The van der Waals surface area contributed by atoms with Gasteiger partial charge in [-0.2, -0.15) is 8.78 Å². The van der Waals surface area contributed by atoms with E-state index in [1.165, 1.54) is 0 Å². The van der Waals surface area contributed by atoms with E-state index in [-0.39, 0.29) is 12.1 Å². The molecule has 0 aromatic heterocycles. The highest BCUT2D eigenvalue weighted by Crippen LogP contribution is 2.25. The standard InChI is InChI=1S/C10H19F2NO2.C2H6/c1-4-14-7(2)9-8(15-10(11)12)5-6-13(9)3;1-2/h7-10H,4-6H2,1-3H3;1-2H3/t7-,8-,9+;/m0./s1. The van der Waals surface area contributed by atoms with E-state index in [4.69, 9.17) is 4.74 Å². The monoisotopic (exact) mass is 253 g/mol. The summed E-state index contributed by atoms with van der Waals surface area (Å²) >= 11 is 0. The molecule has 1 saturated heterocycles. The van der Waals surface area contributed by atoms with E-state index in [2.05, 4.69) is 4.74 Å². The van der Waals surface area contributed by atoms with Gasteiger partial charge >= 0.3 is 6.61 Å². The van der Waals surface area contributed by atoms with Crippen LogP contribution in [0, 0.1) is 0 Å². The van der Waals surface area contributed by atoms with E-state index < -0.39 is 12.7 Å². The van der Waals surface area contributed by atoms with E-state index >= 15 is 0 Å². The van der Waals surface area contributed by atoms with Gasteiger partial charge in [0.05, 0.1) is 18.2 Å². The molecule has 0 unspecified atom stereocenters. The third-order valence-corrected chi connectivity index (χ3v) is 2.84. The fraction of sp³-hybridized carbons (Fsp3) is 1.00. The van der Waals surface area contributed by atoms with Crippen molar-refractivity contribution in [2.45, 2.75) is 59.0 Å². The van der Waals surface area contributed by atoms with Crippen molar-refractivity contribution < 1.29 is 18.3 Å². The van der Waals surface area contributed by atoms with Crippen LogP contribution < -0.4 is 0 Å². The molecule has 3 atom stereocenters. The van der Waals surface area contributed by atoms with Crippen LogP contribution in [0.5, 0.6) is 0 Å². The predicted octanol–water partition coefficient (Wildman–Crippen LogP) is 2.75. The lowest BCUT2D eigenvalue weighted by Crippen LogP contribution is -2.44. The van der Waals surface area contributed by atoms with Gasteiger partial charge in [-0.1, -0.05) is 13.8 Å². The Labute approximate surface area is 103 Å². The van der Waals surface area contributed by atoms with E-state index in [0.29, 0.717) is 13.0 Å². The minimum Gasteiger partial charge on any atom is -0.377 e. The molecule has 17 heavy (non-hydrogen) atoms. The van der Waals surface area contributed by atoms with Crippen molar-refractivity contribution in [3.63, 3.8) is 0 Å². The zero-order valence-corrected chi connectivity index (χ0v) is 11.5. The second kappa shape index (κ2) is 8.78. The molecule has 1 rings (SSSR count). The number of alkyl halides is 2. The zero-order valence-electron chi connectivity index (χ0n) is 11.5. The van der Waals surface area contributed by atoms with Gasteiger partial charge in [-0.25, -0.2) is 0 Å². The Balaban J connectivity index is 0.00000121. The first kappa shape index (κ1) is 16.7. The van der Waals surface area contributed by atoms with Gasteiger partial charge in [-0.15, -0.1) is 0 Å². The normalized spacial score (nSPS) is 26.8. The molecule has 0 spiro atoms. The van der Waals surface area contributed by atoms with Gasteiger partial charge in [0, 0.05) is 13.2 Å². The molecule has 0 aliphatic carbocycles. The van der Waals surface area contributed by atoms with Crippen LogP contribution in [0.1, 0.15) is 34.1 Å². The lowest BCUT2D eigenvalue weighted by Gasteiger charge is -2.30. The van der Waals surface area contributed by atoms with Crippen LogP contribution >= 0.6 is 0 Å². The highest BCUT2D eigenvalue weighted by Gasteiger charge is 2.38. The van der Waals surface area contributed by atoms with Gasteiger partial charge in [-0.3, -0.25) is 4.90 Å². The van der Waals surface area contributed by atoms with E-state index in [1.54, 1.807) is 0 Å². The molecule has 1 heterocycles. The number of likely N-dealkylation sites (N-methyl/N-ethyl adjacent to an activating group) is 1. The number of ether oxygens (including phenoxy) is 2. The van der Waals surface area contributed by atoms with E-state index in [1.807, 2.05) is 39.6 Å². The Bertz CT molecular complexity index is 193. The summed E-state index contributed by atoms with van der Waals surface area (Å²) < 4.78 is 34.4. The molecule has 1 fully saturated rings. The maximum absolute atomic E-state index is 12.2. The second-order valence-electron chi connectivity index (χ2n) is 3.86. The van der Waals surface area contributed by atoms with Crippen LogP contribution in [0.15, 0.2) is 0 Å². The van der Waals surface area contributed by atoms with Crippen LogP contribution in [-0.2, 0) is 9.47 Å². The molecule has 0 aromatic rings. The minimum absolute atomic E-state index is 0.0704. The van der Waals surface area contributed by atoms with Crippen LogP contribution in [-0.4, -0.2) is 50.0 Å². The van der Waals surface area contributed by atoms with Crippen molar-refractivity contribution in [3.05, 3.63) is 0 Å². The molecular weight excluding hydrogens is 228 g/mol. The summed E-state index contributed by atoms with van der Waals surface area (Å²) in [5.41, 5.74) is 0. The summed E-state index contributed by atoms with van der Waals surface area (Å²) in [7, 11) is 1.91. The van der Waals surface area contributed by atoms with E-state index in [0.717, 1.165) is 6.54 Å². The maximum atomic E-state index is 12.2. The van der Waals surface area contributed by atoms with Gasteiger partial charge in [0.1, 0.15) is 0 Å². The number of rotatable bonds is 5. The Morgan fingerprint density at radius 3 is 2.41 bits per heavy atom. The molecule has 0 aromatic carbocycles. The average Bonchev–Trinajstić information content (AvgIpc) is 2.62. The molecular formula is C12H25F2NO2. The maximum Gasteiger partial charge on any atom is 0.345 e. The number of likely N-dealkylation sites (tertiary alicyclic amines) is 1. The molecule has 1 aliphatic heterocycles. The summed E-state index contributed by atoms with van der Waals surface area (Å²) in [4.78, 5) is 2.02. The first-order chi connectivity index (χ1) is 8.06. The fourth-order valence-corrected chi connectivity index (χ4v) is 2.24. The number of hydrogen-bond donors (Lipinski definition) is 0. The average molecular weight is 253 g/mol. The van der Waals surface area contributed by atoms with Crippen LogP contribution in [0.3, 0.4) is 0 Å². The Morgan fingerprint density at radius 2 is 1.94 bits per heavy atom. The summed E-state index contributed by atoms with van der Waals surface area (Å²) in [5, 5.41) is 0. The first-order valence-electron chi connectivity index (χ1n) is 6.31. The van der Waals surface area contributed by atoms with Crippen molar-refractivity contribution in [2.75, 3.05) is 20.2 Å². The molecule has 0 amide bonds. The lowest BCUT2D eigenvalue weighted by atomic mass is 10.1. The second-order valence-corrected chi connectivity index (χ2v) is 3.86. The van der Waals surface area contributed by atoms with Crippen molar-refractivity contribution in [1.29, 1.82) is 0 Å². The SMILES string of the molecule is CC.CCO[C@@H](C)[C@@H]1[C@@H](OC(F)F)CCN1C. The highest BCUT2D eigenvalue weighted by molar-refractivity contribution is 4.90. The third kappa shape index (κ3) is 5.27. The molecule has 1 aliphatic rings. The summed E-state index contributed by atoms with van der Waals surface area (Å²) in [6, 6.07) is -0.0704. The van der Waals surface area contributed by atoms with Crippen molar-refractivity contribution in [3.8, 4) is 0 Å². The fourth-order valence-electron chi connectivity index (χ4n) is 2.24. The van der Waals surface area contributed by atoms with Crippen molar-refractivity contribution in [2.24, 2.45) is 0 Å². The molecule has 0 N–H and O–H groups in total. The summed E-state index contributed by atoms with van der Waals surface area (Å²) in [6.45, 7) is 6.47. The van der Waals surface area contributed by atoms with Crippen LogP contribution in [0.2, 0.25) is 0 Å². The quantitative estimate of drug-likeness (QED) is 0.752. The predicted molar refractivity (Wildman–Crippen MR) is 64.3 cm³/mol. The van der Waals surface area contributed by atoms with Gasteiger partial charge in [-0.05, 0) is 27.3 Å². The topological polar surface area (TPSA) is 21.7 Å². The molecule has 5 heteroatoms. The third-order valence-electron chi connectivity index (χ3n) is 2.84. The van der Waals surface area contributed by atoms with Gasteiger partial charge in [0.25, 0.3) is 0 Å². The molecule has 104 valence electrons. The van der Waals surface area contributed by atoms with Gasteiger partial charge in [0.15, 0.2) is 0 Å². The van der Waals surface area contributed by atoms with Crippen molar-refractivity contribution >= 4 is 0 Å². The Kier molecular flexibility index (Phi) is 8.64. The highest BCUT2D eigenvalue weighted by atomic mass is 19.3. The van der Waals surface area contributed by atoms with E-state index in [9.17, 15) is 8.78 Å². The van der Waals surface area contributed by atoms with Gasteiger partial charge in [0.2, 0.25) is 0 Å². The molecule has 3 nitrogen and oxygen atoms in total. The Morgan fingerprint density at radius 1 is 1.35 bits per heavy atom. The number of nitrogens with zero attached hydrogens (tertiary/aromatic N) is 1. The largest absolute Gasteiger partial charge is 0.377 e. The number of halogens is 2. The molecule has 0 saturated carbocycles. The minimum atomic E-state index is -2.70. The van der Waals surface area contributed by atoms with Crippen molar-refractivity contribution in [1.82, 2.24) is 4.90 Å². The van der Waals surface area contributed by atoms with Crippen LogP contribution in [0.4, 0.5) is 8.78 Å². The number of hydrogen-bond acceptors (Lipinski definition) is 3. The first-order valence-corrected chi connectivity index (χ1v) is 6.31. The smallest absolute Gasteiger partial charge is 0.345 e. The summed E-state index contributed by atoms with van der Waals surface area (Å²) in [5.74, 6) is 0. The molecule has 0 radical (unpaired) electrons.